The predicted octanol–water partition coefficient (Wildman–Crippen LogP) is 2.72. The number of aromatic nitrogens is 2. The Morgan fingerprint density at radius 1 is 1.47 bits per heavy atom. The molecule has 0 bridgehead atoms. The molecule has 0 unspecified atom stereocenters. The summed E-state index contributed by atoms with van der Waals surface area (Å²) in [6.45, 7) is 6.07. The number of fused-ring (bicyclic) bond motifs is 1. The molecule has 0 atom stereocenters. The molecule has 0 aliphatic rings. The SMILES string of the molecule is CCC(C)(C)c1nc2ccccn2c1C(=O)O. The van der Waals surface area contributed by atoms with Crippen LogP contribution in [0.2, 0.25) is 0 Å². The smallest absolute Gasteiger partial charge is 0.354 e. The van der Waals surface area contributed by atoms with Crippen molar-refractivity contribution in [2.24, 2.45) is 0 Å². The molecule has 0 amide bonds. The largest absolute Gasteiger partial charge is 0.477 e. The van der Waals surface area contributed by atoms with Crippen molar-refractivity contribution >= 4 is 11.6 Å². The number of hydrogen-bond donors (Lipinski definition) is 1. The van der Waals surface area contributed by atoms with Crippen molar-refractivity contribution in [3.05, 3.63) is 35.8 Å². The van der Waals surface area contributed by atoms with Crippen LogP contribution < -0.4 is 0 Å². The molecule has 4 nitrogen and oxygen atoms in total. The van der Waals surface area contributed by atoms with Gasteiger partial charge in [0.1, 0.15) is 5.65 Å². The molecular weight excluding hydrogens is 216 g/mol. The molecule has 2 aromatic rings. The molecule has 2 heterocycles. The van der Waals surface area contributed by atoms with Crippen LogP contribution in [0.25, 0.3) is 5.65 Å². The Kier molecular flexibility index (Phi) is 2.65. The van der Waals surface area contributed by atoms with Crippen LogP contribution in [0.3, 0.4) is 0 Å². The van der Waals surface area contributed by atoms with Gasteiger partial charge >= 0.3 is 5.97 Å². The molecule has 0 spiro atoms. The second-order valence-corrected chi connectivity index (χ2v) is 4.78. The molecule has 0 aliphatic heterocycles. The van der Waals surface area contributed by atoms with Crippen LogP contribution in [0.1, 0.15) is 43.4 Å². The van der Waals surface area contributed by atoms with Crippen molar-refractivity contribution in [3.63, 3.8) is 0 Å². The van der Waals surface area contributed by atoms with E-state index in [4.69, 9.17) is 0 Å². The van der Waals surface area contributed by atoms with Gasteiger partial charge in [-0.25, -0.2) is 9.78 Å². The monoisotopic (exact) mass is 232 g/mol. The van der Waals surface area contributed by atoms with E-state index in [-0.39, 0.29) is 11.1 Å². The molecule has 1 N–H and O–H groups in total. The summed E-state index contributed by atoms with van der Waals surface area (Å²) in [5.74, 6) is -0.930. The summed E-state index contributed by atoms with van der Waals surface area (Å²) in [5.41, 5.74) is 1.37. The van der Waals surface area contributed by atoms with Crippen molar-refractivity contribution in [3.8, 4) is 0 Å². The van der Waals surface area contributed by atoms with E-state index in [0.29, 0.717) is 11.3 Å². The van der Waals surface area contributed by atoms with Gasteiger partial charge in [0, 0.05) is 11.6 Å². The maximum Gasteiger partial charge on any atom is 0.354 e. The van der Waals surface area contributed by atoms with Gasteiger partial charge in [0.15, 0.2) is 5.69 Å². The zero-order valence-electron chi connectivity index (χ0n) is 10.3. The number of aromatic carboxylic acids is 1. The first-order valence-electron chi connectivity index (χ1n) is 5.68. The number of carboxylic acids is 1. The van der Waals surface area contributed by atoms with Crippen LogP contribution in [-0.2, 0) is 5.41 Å². The third kappa shape index (κ3) is 1.79. The Balaban J connectivity index is 2.79. The number of carboxylic acid groups (broad SMARTS) is 1. The van der Waals surface area contributed by atoms with Crippen molar-refractivity contribution in [2.75, 3.05) is 0 Å². The Morgan fingerprint density at radius 2 is 2.18 bits per heavy atom. The Hall–Kier alpha value is -1.84. The lowest BCUT2D eigenvalue weighted by Gasteiger charge is -2.20. The summed E-state index contributed by atoms with van der Waals surface area (Å²) in [7, 11) is 0. The molecule has 90 valence electrons. The van der Waals surface area contributed by atoms with Crippen molar-refractivity contribution in [2.45, 2.75) is 32.6 Å². The van der Waals surface area contributed by atoms with E-state index in [1.54, 1.807) is 10.6 Å². The van der Waals surface area contributed by atoms with E-state index < -0.39 is 5.97 Å². The Bertz CT molecular complexity index is 570. The summed E-state index contributed by atoms with van der Waals surface area (Å²) in [6, 6.07) is 5.49. The van der Waals surface area contributed by atoms with E-state index >= 15 is 0 Å². The molecule has 0 aliphatic carbocycles. The summed E-state index contributed by atoms with van der Waals surface area (Å²) < 4.78 is 1.63. The first kappa shape index (κ1) is 11.6. The average Bonchev–Trinajstić information content (AvgIpc) is 2.68. The Labute approximate surface area is 99.9 Å². The highest BCUT2D eigenvalue weighted by Crippen LogP contribution is 2.29. The lowest BCUT2D eigenvalue weighted by Crippen LogP contribution is -2.20. The lowest BCUT2D eigenvalue weighted by atomic mass is 9.85. The molecule has 17 heavy (non-hydrogen) atoms. The Morgan fingerprint density at radius 3 is 2.76 bits per heavy atom. The van der Waals surface area contributed by atoms with Gasteiger partial charge in [0.25, 0.3) is 0 Å². The lowest BCUT2D eigenvalue weighted by molar-refractivity contribution is 0.0686. The highest BCUT2D eigenvalue weighted by Gasteiger charge is 2.29. The molecule has 4 heteroatoms. The minimum Gasteiger partial charge on any atom is -0.477 e. The number of carbonyl (C=O) groups is 1. The molecular formula is C13H16N2O2. The molecule has 0 saturated heterocycles. The summed E-state index contributed by atoms with van der Waals surface area (Å²) in [6.07, 6.45) is 2.58. The maximum absolute atomic E-state index is 11.4. The van der Waals surface area contributed by atoms with Crippen molar-refractivity contribution in [1.82, 2.24) is 9.38 Å². The second kappa shape index (κ2) is 3.87. The standard InChI is InChI=1S/C13H16N2O2/c1-4-13(2,3)11-10(12(16)17)15-8-6-5-7-9(15)14-11/h5-8H,4H2,1-3H3,(H,16,17). The van der Waals surface area contributed by atoms with Gasteiger partial charge in [-0.05, 0) is 18.6 Å². The van der Waals surface area contributed by atoms with E-state index in [1.165, 1.54) is 0 Å². The normalized spacial score (nSPS) is 11.9. The van der Waals surface area contributed by atoms with Gasteiger partial charge in [-0.1, -0.05) is 26.8 Å². The van der Waals surface area contributed by atoms with Gasteiger partial charge in [-0.15, -0.1) is 0 Å². The average molecular weight is 232 g/mol. The van der Waals surface area contributed by atoms with Gasteiger partial charge in [-0.2, -0.15) is 0 Å². The molecule has 0 saturated carbocycles. The summed E-state index contributed by atoms with van der Waals surface area (Å²) >= 11 is 0. The van der Waals surface area contributed by atoms with E-state index in [2.05, 4.69) is 4.98 Å². The van der Waals surface area contributed by atoms with E-state index in [0.717, 1.165) is 6.42 Å². The molecule has 2 aromatic heterocycles. The molecule has 0 radical (unpaired) electrons. The number of imidazole rings is 1. The van der Waals surface area contributed by atoms with Gasteiger partial charge < -0.3 is 5.11 Å². The van der Waals surface area contributed by atoms with Crippen molar-refractivity contribution < 1.29 is 9.90 Å². The predicted molar refractivity (Wildman–Crippen MR) is 65.5 cm³/mol. The van der Waals surface area contributed by atoms with Crippen LogP contribution in [0.4, 0.5) is 0 Å². The first-order valence-corrected chi connectivity index (χ1v) is 5.68. The number of hydrogen-bond acceptors (Lipinski definition) is 2. The summed E-state index contributed by atoms with van der Waals surface area (Å²) in [4.78, 5) is 15.9. The maximum atomic E-state index is 11.4. The van der Waals surface area contributed by atoms with Crippen LogP contribution in [0.15, 0.2) is 24.4 Å². The van der Waals surface area contributed by atoms with Gasteiger partial charge in [0.2, 0.25) is 0 Å². The third-order valence-electron chi connectivity index (χ3n) is 3.26. The molecule has 0 aromatic carbocycles. The second-order valence-electron chi connectivity index (χ2n) is 4.78. The minimum absolute atomic E-state index is 0.236. The fourth-order valence-electron chi connectivity index (χ4n) is 1.84. The molecule has 2 rings (SSSR count). The van der Waals surface area contributed by atoms with Gasteiger partial charge in [0.05, 0.1) is 5.69 Å². The van der Waals surface area contributed by atoms with Crippen LogP contribution in [-0.4, -0.2) is 20.5 Å². The number of nitrogens with zero attached hydrogens (tertiary/aromatic N) is 2. The molecule has 0 fully saturated rings. The number of pyridine rings is 1. The van der Waals surface area contributed by atoms with E-state index in [1.807, 2.05) is 39.0 Å². The fraction of sp³-hybridized carbons (Fsp3) is 0.385. The minimum atomic E-state index is -0.930. The number of rotatable bonds is 3. The highest BCUT2D eigenvalue weighted by atomic mass is 16.4. The highest BCUT2D eigenvalue weighted by molar-refractivity contribution is 5.88. The topological polar surface area (TPSA) is 54.6 Å². The van der Waals surface area contributed by atoms with Crippen molar-refractivity contribution in [1.29, 1.82) is 0 Å². The zero-order valence-corrected chi connectivity index (χ0v) is 10.3. The van der Waals surface area contributed by atoms with Crippen LogP contribution >= 0.6 is 0 Å². The van der Waals surface area contributed by atoms with Crippen LogP contribution in [0, 0.1) is 0 Å². The zero-order chi connectivity index (χ0) is 12.6. The van der Waals surface area contributed by atoms with Gasteiger partial charge in [-0.3, -0.25) is 4.40 Å². The quantitative estimate of drug-likeness (QED) is 0.885. The first-order chi connectivity index (χ1) is 7.97. The van der Waals surface area contributed by atoms with E-state index in [9.17, 15) is 9.90 Å². The summed E-state index contributed by atoms with van der Waals surface area (Å²) in [5, 5.41) is 9.35. The third-order valence-corrected chi connectivity index (χ3v) is 3.26. The fourth-order valence-corrected chi connectivity index (χ4v) is 1.84. The van der Waals surface area contributed by atoms with Crippen LogP contribution in [0.5, 0.6) is 0 Å².